The van der Waals surface area contributed by atoms with Gasteiger partial charge < -0.3 is 10.6 Å². The van der Waals surface area contributed by atoms with Crippen LogP contribution < -0.4 is 15.4 Å². The van der Waals surface area contributed by atoms with Crippen LogP contribution in [0.15, 0.2) is 29.3 Å². The number of hydrogen-bond acceptors (Lipinski definition) is 3. The van der Waals surface area contributed by atoms with Gasteiger partial charge >= 0.3 is 0 Å². The van der Waals surface area contributed by atoms with Gasteiger partial charge in [-0.1, -0.05) is 31.2 Å². The zero-order valence-corrected chi connectivity index (χ0v) is 16.8. The smallest absolute Gasteiger partial charge is 0.216 e. The minimum Gasteiger partial charge on any atom is -0.357 e. The Hall–Kier alpha value is -1.60. The van der Waals surface area contributed by atoms with E-state index in [0.717, 1.165) is 30.1 Å². The molecule has 0 saturated heterocycles. The third kappa shape index (κ3) is 8.88. The molecule has 1 rings (SSSR count). The molecule has 1 atom stereocenters. The number of hydrogen-bond donors (Lipinski definition) is 3. The van der Waals surface area contributed by atoms with Gasteiger partial charge in [-0.25, -0.2) is 18.1 Å². The molecule has 0 radical (unpaired) electrons. The maximum absolute atomic E-state index is 12.0. The SMILES string of the molecule is CCNC(=NCc1ccc(CS(=O)(=O)NC(C)C)cc1)NC(C)CC. The van der Waals surface area contributed by atoms with E-state index in [0.29, 0.717) is 12.6 Å². The molecule has 25 heavy (non-hydrogen) atoms. The van der Waals surface area contributed by atoms with Crippen LogP contribution in [-0.4, -0.2) is 33.0 Å². The first-order valence-electron chi connectivity index (χ1n) is 8.88. The molecule has 142 valence electrons. The van der Waals surface area contributed by atoms with Gasteiger partial charge in [-0.15, -0.1) is 0 Å². The van der Waals surface area contributed by atoms with Gasteiger partial charge in [0.15, 0.2) is 5.96 Å². The summed E-state index contributed by atoms with van der Waals surface area (Å²) in [5.41, 5.74) is 1.81. The number of benzene rings is 1. The third-order valence-corrected chi connectivity index (χ3v) is 5.10. The van der Waals surface area contributed by atoms with Gasteiger partial charge in [-0.3, -0.25) is 0 Å². The zero-order valence-electron chi connectivity index (χ0n) is 16.0. The summed E-state index contributed by atoms with van der Waals surface area (Å²) >= 11 is 0. The number of sulfonamides is 1. The lowest BCUT2D eigenvalue weighted by molar-refractivity contribution is 0.569. The third-order valence-electron chi connectivity index (χ3n) is 3.55. The summed E-state index contributed by atoms with van der Waals surface area (Å²) in [5, 5.41) is 6.58. The molecular formula is C18H32N4O2S. The van der Waals surface area contributed by atoms with Gasteiger partial charge in [0.05, 0.1) is 12.3 Å². The van der Waals surface area contributed by atoms with Crippen molar-refractivity contribution in [3.05, 3.63) is 35.4 Å². The molecule has 0 aromatic heterocycles. The average Bonchev–Trinajstić information content (AvgIpc) is 2.52. The van der Waals surface area contributed by atoms with Gasteiger partial charge in [0.1, 0.15) is 0 Å². The van der Waals surface area contributed by atoms with Crippen molar-refractivity contribution in [2.24, 2.45) is 4.99 Å². The van der Waals surface area contributed by atoms with Gasteiger partial charge in [0.25, 0.3) is 0 Å². The monoisotopic (exact) mass is 368 g/mol. The lowest BCUT2D eigenvalue weighted by Gasteiger charge is -2.16. The van der Waals surface area contributed by atoms with Gasteiger partial charge in [-0.2, -0.15) is 0 Å². The van der Waals surface area contributed by atoms with Gasteiger partial charge in [0.2, 0.25) is 10.0 Å². The van der Waals surface area contributed by atoms with Crippen LogP contribution in [0.2, 0.25) is 0 Å². The van der Waals surface area contributed by atoms with E-state index in [2.05, 4.69) is 34.2 Å². The second kappa shape index (κ2) is 10.4. The summed E-state index contributed by atoms with van der Waals surface area (Å²) in [6.07, 6.45) is 1.03. The fourth-order valence-corrected chi connectivity index (χ4v) is 3.62. The van der Waals surface area contributed by atoms with E-state index in [1.807, 2.05) is 45.0 Å². The topological polar surface area (TPSA) is 82.6 Å². The maximum atomic E-state index is 12.0. The first kappa shape index (κ1) is 21.4. The Bertz CT molecular complexity index is 640. The summed E-state index contributed by atoms with van der Waals surface area (Å²) in [4.78, 5) is 4.58. The molecule has 3 N–H and O–H groups in total. The fraction of sp³-hybridized carbons (Fsp3) is 0.611. The molecule has 6 nitrogen and oxygen atoms in total. The van der Waals surface area contributed by atoms with Gasteiger partial charge in [0, 0.05) is 18.6 Å². The number of nitrogens with one attached hydrogen (secondary N) is 3. The minimum absolute atomic E-state index is 0.00701. The number of guanidine groups is 1. The van der Waals surface area contributed by atoms with Crippen molar-refractivity contribution in [3.63, 3.8) is 0 Å². The molecule has 1 unspecified atom stereocenters. The van der Waals surface area contributed by atoms with E-state index < -0.39 is 10.0 Å². The van der Waals surface area contributed by atoms with Crippen LogP contribution in [0.4, 0.5) is 0 Å². The molecule has 0 amide bonds. The van der Waals surface area contributed by atoms with Crippen molar-refractivity contribution in [2.45, 2.75) is 65.4 Å². The van der Waals surface area contributed by atoms with Crippen LogP contribution >= 0.6 is 0 Å². The van der Waals surface area contributed by atoms with Crippen LogP contribution in [0.1, 0.15) is 52.2 Å². The normalized spacial score (nSPS) is 13.8. The second-order valence-electron chi connectivity index (χ2n) is 6.50. The largest absolute Gasteiger partial charge is 0.357 e. The molecule has 0 fully saturated rings. The molecule has 0 spiro atoms. The van der Waals surface area contributed by atoms with E-state index in [9.17, 15) is 8.42 Å². The number of rotatable bonds is 9. The Kier molecular flexibility index (Phi) is 8.92. The van der Waals surface area contributed by atoms with Crippen LogP contribution in [-0.2, 0) is 22.3 Å². The Balaban J connectivity index is 2.70. The molecule has 1 aromatic rings. The lowest BCUT2D eigenvalue weighted by Crippen LogP contribution is -2.41. The van der Waals surface area contributed by atoms with Crippen molar-refractivity contribution < 1.29 is 8.42 Å². The average molecular weight is 369 g/mol. The van der Waals surface area contributed by atoms with E-state index in [-0.39, 0.29) is 11.8 Å². The minimum atomic E-state index is -3.29. The number of aliphatic imine (C=N–C) groups is 1. The summed E-state index contributed by atoms with van der Waals surface area (Å²) in [6.45, 7) is 11.3. The summed E-state index contributed by atoms with van der Waals surface area (Å²) < 4.78 is 26.5. The van der Waals surface area contributed by atoms with Gasteiger partial charge in [-0.05, 0) is 45.2 Å². The Morgan fingerprint density at radius 2 is 1.68 bits per heavy atom. The summed E-state index contributed by atoms with van der Waals surface area (Å²) in [5.74, 6) is 0.789. The van der Waals surface area contributed by atoms with Crippen molar-refractivity contribution >= 4 is 16.0 Å². The molecular weight excluding hydrogens is 336 g/mol. The Labute approximate surface area is 152 Å². The highest BCUT2D eigenvalue weighted by Gasteiger charge is 2.12. The highest BCUT2D eigenvalue weighted by molar-refractivity contribution is 7.88. The highest BCUT2D eigenvalue weighted by atomic mass is 32.2. The van der Waals surface area contributed by atoms with Crippen LogP contribution in [0.25, 0.3) is 0 Å². The lowest BCUT2D eigenvalue weighted by atomic mass is 10.1. The van der Waals surface area contributed by atoms with Crippen molar-refractivity contribution in [2.75, 3.05) is 6.54 Å². The summed E-state index contributed by atoms with van der Waals surface area (Å²) in [7, 11) is -3.29. The first-order chi connectivity index (χ1) is 11.8. The van der Waals surface area contributed by atoms with E-state index in [1.54, 1.807) is 0 Å². The molecule has 0 aliphatic carbocycles. The van der Waals surface area contributed by atoms with E-state index >= 15 is 0 Å². The molecule has 1 aromatic carbocycles. The van der Waals surface area contributed by atoms with Crippen molar-refractivity contribution in [1.29, 1.82) is 0 Å². The number of nitrogens with zero attached hydrogens (tertiary/aromatic N) is 1. The van der Waals surface area contributed by atoms with Crippen LogP contribution in [0.5, 0.6) is 0 Å². The van der Waals surface area contributed by atoms with Crippen LogP contribution in [0.3, 0.4) is 0 Å². The van der Waals surface area contributed by atoms with E-state index in [4.69, 9.17) is 0 Å². The molecule has 0 saturated carbocycles. The Morgan fingerprint density at radius 1 is 1.08 bits per heavy atom. The fourth-order valence-electron chi connectivity index (χ4n) is 2.19. The predicted octanol–water partition coefficient (Wildman–Crippen LogP) is 2.37. The molecule has 0 bridgehead atoms. The first-order valence-corrected chi connectivity index (χ1v) is 10.5. The quantitative estimate of drug-likeness (QED) is 0.462. The van der Waals surface area contributed by atoms with Crippen molar-refractivity contribution in [3.8, 4) is 0 Å². The summed E-state index contributed by atoms with van der Waals surface area (Å²) in [6, 6.07) is 7.81. The molecule has 0 aliphatic heterocycles. The predicted molar refractivity (Wildman–Crippen MR) is 105 cm³/mol. The van der Waals surface area contributed by atoms with E-state index in [1.165, 1.54) is 0 Å². The van der Waals surface area contributed by atoms with Crippen molar-refractivity contribution in [1.82, 2.24) is 15.4 Å². The van der Waals surface area contributed by atoms with Crippen LogP contribution in [0, 0.1) is 0 Å². The standard InChI is InChI=1S/C18H32N4O2S/c1-6-15(5)21-18(19-7-2)20-12-16-8-10-17(11-9-16)13-25(23,24)22-14(3)4/h8-11,14-15,22H,6-7,12-13H2,1-5H3,(H2,19,20,21). The maximum Gasteiger partial charge on any atom is 0.216 e. The molecule has 7 heteroatoms. The Morgan fingerprint density at radius 3 is 2.20 bits per heavy atom. The molecule has 0 heterocycles. The second-order valence-corrected chi connectivity index (χ2v) is 8.25. The zero-order chi connectivity index (χ0) is 18.9. The molecule has 0 aliphatic rings. The highest BCUT2D eigenvalue weighted by Crippen LogP contribution is 2.09.